The van der Waals surface area contributed by atoms with Gasteiger partial charge in [0.15, 0.2) is 30.8 Å². The van der Waals surface area contributed by atoms with E-state index in [1.165, 1.54) is 12.5 Å². The second-order valence-corrected chi connectivity index (χ2v) is 23.3. The van der Waals surface area contributed by atoms with Gasteiger partial charge in [0.2, 0.25) is 0 Å². The van der Waals surface area contributed by atoms with Crippen LogP contribution < -0.4 is 0 Å². The Kier molecular flexibility index (Phi) is 13.5. The SMILES string of the molecule is COC(=O)[C@H]1O[C@@H](O[C@H]2CC[C@@]3(C)C(CC[C@]4(C)[C@@H]3C(=O)C=C3C5CC(C)(C)C[C@@H](O)[C@]5(C)CC[C@]34C)[C@@]2(C)CO)[C@H](O[C@@H]2OC[C@@H](O)[C@H](O)[C@H]2O[C@@H]2O[C@@H](C)[C@H](O)[C@@H](O)[C@H]2O)[C@@H](O)[C@@H]1O. The van der Waals surface area contributed by atoms with Crippen LogP contribution in [-0.2, 0) is 42.7 Å². The number of esters is 1. The highest BCUT2D eigenvalue weighted by molar-refractivity contribution is 5.95. The van der Waals surface area contributed by atoms with Gasteiger partial charge in [-0.15, -0.1) is 0 Å². The number of carbonyl (C=O) groups is 2. The van der Waals surface area contributed by atoms with Crippen LogP contribution in [0.1, 0.15) is 107 Å². The highest BCUT2D eigenvalue weighted by Crippen LogP contribution is 2.75. The Bertz CT molecular complexity index is 1860. The summed E-state index contributed by atoms with van der Waals surface area (Å²) in [5.41, 5.74) is -1.61. The average Bonchev–Trinajstić information content (AvgIpc) is 3.25. The molecule has 0 spiro atoms. The fraction of sp³-hybridized carbons (Fsp3) is 0.917. The molecular weight excluding hydrogens is 865 g/mol. The molecule has 0 aromatic rings. The lowest BCUT2D eigenvalue weighted by atomic mass is 9.33. The van der Waals surface area contributed by atoms with Gasteiger partial charge >= 0.3 is 5.97 Å². The van der Waals surface area contributed by atoms with Gasteiger partial charge in [0.25, 0.3) is 0 Å². The van der Waals surface area contributed by atoms with E-state index >= 15 is 4.79 Å². The number of carbonyl (C=O) groups excluding carboxylic acids is 2. The third kappa shape index (κ3) is 7.70. The van der Waals surface area contributed by atoms with Crippen LogP contribution in [0.3, 0.4) is 0 Å². The molecule has 3 saturated heterocycles. The summed E-state index contributed by atoms with van der Waals surface area (Å²) in [6.07, 6.45) is -17.1. The minimum absolute atomic E-state index is 0.0643. The normalized spacial score (nSPS) is 54.8. The molecule has 24 atom stereocenters. The Morgan fingerprint density at radius 1 is 0.727 bits per heavy atom. The molecule has 0 radical (unpaired) electrons. The van der Waals surface area contributed by atoms with Crippen molar-refractivity contribution in [1.82, 2.24) is 0 Å². The van der Waals surface area contributed by atoms with Gasteiger partial charge in [-0.1, -0.05) is 54.0 Å². The van der Waals surface area contributed by atoms with Crippen LogP contribution in [0.5, 0.6) is 0 Å². The Balaban J connectivity index is 1.08. The summed E-state index contributed by atoms with van der Waals surface area (Å²) in [4.78, 5) is 28.0. The van der Waals surface area contributed by atoms with Gasteiger partial charge in [-0.25, -0.2) is 4.79 Å². The summed E-state index contributed by atoms with van der Waals surface area (Å²) in [7, 11) is 1.09. The molecule has 7 fully saturated rings. The molecule has 0 aromatic heterocycles. The molecule has 5 aliphatic carbocycles. The third-order valence-corrected chi connectivity index (χ3v) is 19.0. The molecular formula is C48H76O18. The van der Waals surface area contributed by atoms with Crippen molar-refractivity contribution >= 4 is 11.8 Å². The molecule has 0 aromatic carbocycles. The van der Waals surface area contributed by atoms with Crippen molar-refractivity contribution in [2.24, 2.45) is 50.2 Å². The number of ketones is 1. The van der Waals surface area contributed by atoms with Crippen LogP contribution in [0.15, 0.2) is 11.6 Å². The van der Waals surface area contributed by atoms with Crippen LogP contribution >= 0.6 is 0 Å². The molecule has 66 heavy (non-hydrogen) atoms. The molecule has 4 saturated carbocycles. The zero-order valence-corrected chi connectivity index (χ0v) is 39.8. The maximum atomic E-state index is 15.0. The quantitative estimate of drug-likeness (QED) is 0.119. The standard InChI is InChI=1S/C48H76O18/c1-21-29(53)31(55)34(58)40(62-21)65-36-30(54)25(51)19-61-41(36)66-37-33(57)32(56)35(39(59)60-9)64-42(37)63-28-11-12-45(5)26(46(28,6)20-49)10-13-48(8)38(45)24(50)16-22-23-17-43(2,3)18-27(52)44(23,4)14-15-47(22,48)7/h16,21,23,25-38,40-42,49,51-58H,10-15,17-20H2,1-9H3/t21-,23?,25+,26?,27+,28-,29-,30-,31+,32-,33-,34+,35-,36+,37+,38+,40-,41-,42+,44+,45-,46+,47+,48+/m0/s1. The predicted molar refractivity (Wildman–Crippen MR) is 229 cm³/mol. The molecule has 18 nitrogen and oxygen atoms in total. The van der Waals surface area contributed by atoms with Crippen molar-refractivity contribution in [2.75, 3.05) is 20.3 Å². The predicted octanol–water partition coefficient (Wildman–Crippen LogP) is 0.611. The summed E-state index contributed by atoms with van der Waals surface area (Å²) in [5.74, 6) is -1.53. The van der Waals surface area contributed by atoms with Gasteiger partial charge in [-0.3, -0.25) is 4.79 Å². The van der Waals surface area contributed by atoms with Gasteiger partial charge in [-0.05, 0) is 97.9 Å². The third-order valence-electron chi connectivity index (χ3n) is 19.0. The van der Waals surface area contributed by atoms with E-state index in [0.717, 1.165) is 32.8 Å². The van der Waals surface area contributed by atoms with E-state index in [-0.39, 0.29) is 46.4 Å². The number of allylic oxidation sites excluding steroid dienone is 2. The second kappa shape index (κ2) is 17.5. The van der Waals surface area contributed by atoms with Crippen molar-refractivity contribution in [1.29, 1.82) is 0 Å². The molecule has 3 aliphatic heterocycles. The van der Waals surface area contributed by atoms with Crippen LogP contribution in [0.2, 0.25) is 0 Å². The summed E-state index contributed by atoms with van der Waals surface area (Å²) >= 11 is 0. The zero-order valence-electron chi connectivity index (χ0n) is 39.8. The fourth-order valence-corrected chi connectivity index (χ4v) is 14.8. The van der Waals surface area contributed by atoms with Crippen LogP contribution in [0.25, 0.3) is 0 Å². The average molecular weight is 941 g/mol. The van der Waals surface area contributed by atoms with Crippen molar-refractivity contribution in [2.45, 2.75) is 205 Å². The van der Waals surface area contributed by atoms with E-state index in [0.29, 0.717) is 25.7 Å². The van der Waals surface area contributed by atoms with Crippen molar-refractivity contribution in [3.05, 3.63) is 11.6 Å². The maximum Gasteiger partial charge on any atom is 0.337 e. The Morgan fingerprint density at radius 3 is 2.06 bits per heavy atom. The van der Waals surface area contributed by atoms with Gasteiger partial charge in [-0.2, -0.15) is 0 Å². The van der Waals surface area contributed by atoms with Crippen molar-refractivity contribution in [3.63, 3.8) is 0 Å². The monoisotopic (exact) mass is 941 g/mol. The largest absolute Gasteiger partial charge is 0.467 e. The van der Waals surface area contributed by atoms with Gasteiger partial charge < -0.3 is 79.1 Å². The molecule has 8 aliphatic rings. The number of aliphatic hydroxyl groups excluding tert-OH is 9. The van der Waals surface area contributed by atoms with E-state index < -0.39 is 127 Å². The van der Waals surface area contributed by atoms with E-state index in [2.05, 4.69) is 41.5 Å². The van der Waals surface area contributed by atoms with Gasteiger partial charge in [0.1, 0.15) is 54.9 Å². The molecule has 0 amide bonds. The first-order valence-corrected chi connectivity index (χ1v) is 24.0. The van der Waals surface area contributed by atoms with Crippen molar-refractivity contribution < 1.29 is 88.7 Å². The van der Waals surface area contributed by atoms with Crippen molar-refractivity contribution in [3.8, 4) is 0 Å². The lowest BCUT2D eigenvalue weighted by Gasteiger charge is -2.71. The number of hydrogen-bond donors (Lipinski definition) is 9. The minimum atomic E-state index is -1.92. The number of ether oxygens (including phenoxy) is 7. The number of rotatable bonds is 8. The summed E-state index contributed by atoms with van der Waals surface area (Å²) in [6.45, 7) is 15.9. The lowest BCUT2D eigenvalue weighted by Crippen LogP contribution is -2.69. The first-order chi connectivity index (χ1) is 30.7. The van der Waals surface area contributed by atoms with Crippen LogP contribution in [0.4, 0.5) is 0 Å². The van der Waals surface area contributed by atoms with E-state index in [9.17, 15) is 50.8 Å². The number of aliphatic hydroxyl groups is 9. The van der Waals surface area contributed by atoms with Crippen LogP contribution in [-0.4, -0.2) is 176 Å². The topological polar surface area (TPSA) is 281 Å². The summed E-state index contributed by atoms with van der Waals surface area (Å²) in [6, 6.07) is 0. The highest BCUT2D eigenvalue weighted by atomic mass is 16.8. The van der Waals surface area contributed by atoms with E-state index in [1.54, 1.807) is 0 Å². The van der Waals surface area contributed by atoms with E-state index in [4.69, 9.17) is 33.2 Å². The van der Waals surface area contributed by atoms with Gasteiger partial charge in [0, 0.05) is 16.7 Å². The van der Waals surface area contributed by atoms with E-state index in [1.807, 2.05) is 13.0 Å². The summed E-state index contributed by atoms with van der Waals surface area (Å²) < 4.78 is 41.3. The lowest BCUT2D eigenvalue weighted by molar-refractivity contribution is -0.387. The fourth-order valence-electron chi connectivity index (χ4n) is 14.8. The maximum absolute atomic E-state index is 15.0. The van der Waals surface area contributed by atoms with Crippen LogP contribution in [0, 0.1) is 50.2 Å². The smallest absolute Gasteiger partial charge is 0.337 e. The number of fused-ring (bicyclic) bond motifs is 7. The molecule has 9 N–H and O–H groups in total. The molecule has 3 heterocycles. The first-order valence-electron chi connectivity index (χ1n) is 24.0. The second-order valence-electron chi connectivity index (χ2n) is 23.3. The minimum Gasteiger partial charge on any atom is -0.467 e. The number of hydrogen-bond acceptors (Lipinski definition) is 18. The molecule has 8 rings (SSSR count). The molecule has 2 unspecified atom stereocenters. The van der Waals surface area contributed by atoms with Gasteiger partial charge in [0.05, 0.1) is 38.6 Å². The summed E-state index contributed by atoms with van der Waals surface area (Å²) in [5, 5.41) is 99.3. The molecule has 376 valence electrons. The Hall–Kier alpha value is -1.72. The number of methoxy groups -OCH3 is 1. The first kappa shape index (κ1) is 50.7. The Labute approximate surface area is 386 Å². The zero-order chi connectivity index (χ0) is 48.4. The molecule has 18 heteroatoms. The molecule has 0 bridgehead atoms. The Morgan fingerprint density at radius 2 is 1.39 bits per heavy atom. The highest BCUT2D eigenvalue weighted by Gasteiger charge is 2.71.